The summed E-state index contributed by atoms with van der Waals surface area (Å²) in [5, 5.41) is 33.6. The molecular formula is C20H25N3O5S. The molecule has 8 nitrogen and oxygen atoms in total. The van der Waals surface area contributed by atoms with E-state index < -0.39 is 23.2 Å². The van der Waals surface area contributed by atoms with Crippen LogP contribution in [-0.2, 0) is 4.74 Å². The van der Waals surface area contributed by atoms with E-state index in [1.807, 2.05) is 0 Å². The first-order valence-corrected chi connectivity index (χ1v) is 10.5. The highest BCUT2D eigenvalue weighted by Gasteiger charge is 2.20. The molecule has 9 heteroatoms. The number of benzene rings is 1. The molecule has 1 fully saturated rings. The maximum atomic E-state index is 12.3. The minimum Gasteiger partial charge on any atom is -0.504 e. The van der Waals surface area contributed by atoms with E-state index in [-0.39, 0.29) is 18.2 Å². The Labute approximate surface area is 172 Å². The van der Waals surface area contributed by atoms with Crippen LogP contribution < -0.4 is 4.80 Å². The molecule has 0 bridgehead atoms. The summed E-state index contributed by atoms with van der Waals surface area (Å²) in [4.78, 5) is 18.1. The van der Waals surface area contributed by atoms with Crippen molar-refractivity contribution in [1.29, 1.82) is 0 Å². The van der Waals surface area contributed by atoms with Gasteiger partial charge in [-0.05, 0) is 38.8 Å². The molecule has 1 aliphatic carbocycles. The van der Waals surface area contributed by atoms with E-state index in [1.165, 1.54) is 36.1 Å². The number of nitrogens with zero attached hydrogens (tertiary/aromatic N) is 3. The fourth-order valence-corrected chi connectivity index (χ4v) is 4.26. The molecule has 0 radical (unpaired) electrons. The molecule has 0 aliphatic heterocycles. The molecule has 29 heavy (non-hydrogen) atoms. The normalized spacial score (nSPS) is 15.9. The topological polar surface area (TPSA) is 117 Å². The molecule has 0 unspecified atom stereocenters. The van der Waals surface area contributed by atoms with Crippen LogP contribution in [0.2, 0.25) is 0 Å². The molecule has 1 saturated carbocycles. The van der Waals surface area contributed by atoms with Gasteiger partial charge in [0.15, 0.2) is 11.5 Å². The lowest BCUT2D eigenvalue weighted by atomic mass is 9.96. The monoisotopic (exact) mass is 419 g/mol. The summed E-state index contributed by atoms with van der Waals surface area (Å²) >= 11 is 1.23. The van der Waals surface area contributed by atoms with Crippen molar-refractivity contribution >= 4 is 23.5 Å². The minimum atomic E-state index is -0.611. The lowest BCUT2D eigenvalue weighted by Crippen LogP contribution is -2.19. The average Bonchev–Trinajstić information content (AvgIpc) is 3.02. The number of hydrogen-bond acceptors (Lipinski definition) is 8. The second-order valence-corrected chi connectivity index (χ2v) is 7.85. The fourth-order valence-electron chi connectivity index (χ4n) is 3.23. The van der Waals surface area contributed by atoms with E-state index in [0.29, 0.717) is 15.4 Å². The highest BCUT2D eigenvalue weighted by atomic mass is 32.1. The second kappa shape index (κ2) is 9.13. The molecule has 0 spiro atoms. The quantitative estimate of drug-likeness (QED) is 0.391. The first-order valence-electron chi connectivity index (χ1n) is 9.64. The summed E-state index contributed by atoms with van der Waals surface area (Å²) in [5.74, 6) is -1.93. The number of ether oxygens (including phenoxy) is 1. The number of aromatic nitrogens is 1. The van der Waals surface area contributed by atoms with Gasteiger partial charge in [0, 0.05) is 5.56 Å². The summed E-state index contributed by atoms with van der Waals surface area (Å²) < 4.78 is 6.69. The maximum Gasteiger partial charge on any atom is 0.350 e. The molecule has 3 N–H and O–H groups in total. The Morgan fingerprint density at radius 2 is 1.97 bits per heavy atom. The fraction of sp³-hybridized carbons (Fsp3) is 0.450. The van der Waals surface area contributed by atoms with Crippen LogP contribution in [0.15, 0.2) is 22.2 Å². The number of carbonyl (C=O) groups excluding carboxylic acids is 1. The molecule has 156 valence electrons. The Bertz CT molecular complexity index is 987. The largest absolute Gasteiger partial charge is 0.504 e. The Balaban J connectivity index is 2.04. The van der Waals surface area contributed by atoms with Gasteiger partial charge in [-0.3, -0.25) is 4.99 Å². The van der Waals surface area contributed by atoms with Crippen LogP contribution in [-0.4, -0.2) is 44.8 Å². The number of phenolic OH excluding ortho intramolecular Hbond substituents is 3. The summed E-state index contributed by atoms with van der Waals surface area (Å²) in [6.07, 6.45) is 6.83. The van der Waals surface area contributed by atoms with Gasteiger partial charge < -0.3 is 20.1 Å². The molecule has 1 heterocycles. The number of carbonyl (C=O) groups is 1. The standard InChI is InChI=1S/C20H25N3O5S/c1-3-28-19(27)18-12(2)23(20(29-18)22-14-7-5-4-6-8-14)21-11-13-9-10-15(24)17(26)16(13)25/h9-11,14,24-26H,3-8H2,1-2H3/b21-11+,22-20-. The first kappa shape index (κ1) is 20.9. The zero-order valence-corrected chi connectivity index (χ0v) is 17.3. The van der Waals surface area contributed by atoms with Crippen molar-refractivity contribution in [2.45, 2.75) is 52.0 Å². The lowest BCUT2D eigenvalue weighted by molar-refractivity contribution is 0.0530. The van der Waals surface area contributed by atoms with E-state index in [2.05, 4.69) is 5.10 Å². The summed E-state index contributed by atoms with van der Waals surface area (Å²) in [5.41, 5.74) is 0.807. The SMILES string of the molecule is CCOC(=O)c1s/c(=N\C2CCCCC2)n(/N=C/c2ccc(O)c(O)c2O)c1C. The lowest BCUT2D eigenvalue weighted by Gasteiger charge is -2.16. The maximum absolute atomic E-state index is 12.3. The third-order valence-corrected chi connectivity index (χ3v) is 5.95. The van der Waals surface area contributed by atoms with Crippen molar-refractivity contribution < 1.29 is 24.9 Å². The van der Waals surface area contributed by atoms with Crippen LogP contribution in [0.5, 0.6) is 17.2 Å². The number of aromatic hydroxyl groups is 3. The van der Waals surface area contributed by atoms with Crippen LogP contribution >= 0.6 is 11.3 Å². The van der Waals surface area contributed by atoms with Crippen LogP contribution in [0.4, 0.5) is 0 Å². The smallest absolute Gasteiger partial charge is 0.350 e. The van der Waals surface area contributed by atoms with Crippen molar-refractivity contribution in [3.05, 3.63) is 33.1 Å². The average molecular weight is 420 g/mol. The molecule has 0 saturated heterocycles. The summed E-state index contributed by atoms with van der Waals surface area (Å²) in [7, 11) is 0. The van der Waals surface area contributed by atoms with Gasteiger partial charge in [0.25, 0.3) is 0 Å². The molecular weight excluding hydrogens is 394 g/mol. The Hall–Kier alpha value is -2.81. The third-order valence-electron chi connectivity index (χ3n) is 4.82. The van der Waals surface area contributed by atoms with Gasteiger partial charge in [-0.15, -0.1) is 0 Å². The summed E-state index contributed by atoms with van der Waals surface area (Å²) in [6, 6.07) is 2.88. The highest BCUT2D eigenvalue weighted by molar-refractivity contribution is 7.11. The van der Waals surface area contributed by atoms with Gasteiger partial charge in [0.1, 0.15) is 4.88 Å². The van der Waals surface area contributed by atoms with Crippen molar-refractivity contribution in [3.8, 4) is 17.2 Å². The minimum absolute atomic E-state index is 0.185. The van der Waals surface area contributed by atoms with Gasteiger partial charge in [-0.2, -0.15) is 5.10 Å². The molecule has 1 aromatic carbocycles. The summed E-state index contributed by atoms with van der Waals surface area (Å²) in [6.45, 7) is 3.78. The van der Waals surface area contributed by atoms with E-state index in [4.69, 9.17) is 9.73 Å². The number of rotatable bonds is 5. The van der Waals surface area contributed by atoms with Crippen molar-refractivity contribution in [2.75, 3.05) is 6.61 Å². The van der Waals surface area contributed by atoms with E-state index >= 15 is 0 Å². The van der Waals surface area contributed by atoms with E-state index in [1.54, 1.807) is 18.5 Å². The predicted octanol–water partition coefficient (Wildman–Crippen LogP) is 3.27. The van der Waals surface area contributed by atoms with Gasteiger partial charge in [0.2, 0.25) is 10.6 Å². The Morgan fingerprint density at radius 1 is 1.24 bits per heavy atom. The Kier molecular flexibility index (Phi) is 6.58. The van der Waals surface area contributed by atoms with E-state index in [9.17, 15) is 20.1 Å². The molecule has 1 aliphatic rings. The third kappa shape index (κ3) is 4.61. The molecule has 2 aromatic rings. The zero-order chi connectivity index (χ0) is 21.0. The number of hydrogen-bond donors (Lipinski definition) is 3. The second-order valence-electron chi connectivity index (χ2n) is 6.87. The van der Waals surface area contributed by atoms with Crippen LogP contribution in [0.3, 0.4) is 0 Å². The van der Waals surface area contributed by atoms with Crippen molar-refractivity contribution in [1.82, 2.24) is 4.68 Å². The van der Waals surface area contributed by atoms with Crippen molar-refractivity contribution in [2.24, 2.45) is 10.1 Å². The molecule has 3 rings (SSSR count). The van der Waals surface area contributed by atoms with Crippen LogP contribution in [0, 0.1) is 6.92 Å². The Morgan fingerprint density at radius 3 is 2.66 bits per heavy atom. The van der Waals surface area contributed by atoms with Gasteiger partial charge in [0.05, 0.1) is 24.6 Å². The van der Waals surface area contributed by atoms with E-state index in [0.717, 1.165) is 25.7 Å². The van der Waals surface area contributed by atoms with Crippen molar-refractivity contribution in [3.63, 3.8) is 0 Å². The highest BCUT2D eigenvalue weighted by Crippen LogP contribution is 2.36. The van der Waals surface area contributed by atoms with Gasteiger partial charge in [-0.1, -0.05) is 30.6 Å². The molecule has 0 amide bonds. The van der Waals surface area contributed by atoms with Gasteiger partial charge >= 0.3 is 5.97 Å². The predicted molar refractivity (Wildman–Crippen MR) is 110 cm³/mol. The number of thiazole rings is 1. The number of esters is 1. The molecule has 1 aromatic heterocycles. The molecule has 0 atom stereocenters. The van der Waals surface area contributed by atoms with Crippen LogP contribution in [0.1, 0.15) is 60.0 Å². The number of phenols is 3. The van der Waals surface area contributed by atoms with Crippen LogP contribution in [0.25, 0.3) is 0 Å². The van der Waals surface area contributed by atoms with Gasteiger partial charge in [-0.25, -0.2) is 9.47 Å². The zero-order valence-electron chi connectivity index (χ0n) is 16.5. The first-order chi connectivity index (χ1) is 13.9.